The molecule has 4 nitrogen and oxygen atoms in total. The third kappa shape index (κ3) is 4.59. The quantitative estimate of drug-likeness (QED) is 0.392. The van der Waals surface area contributed by atoms with E-state index in [1.54, 1.807) is 0 Å². The Morgan fingerprint density at radius 3 is 1.88 bits per heavy atom. The summed E-state index contributed by atoms with van der Waals surface area (Å²) in [6, 6.07) is 0. The van der Waals surface area contributed by atoms with Crippen LogP contribution in [0.5, 0.6) is 0 Å². The standard InChI is InChI=1S/C18H36O4Si2/c1-13-15(22-24(10,11)18(5,6)7)14(21-16(13)19)12-20-23(8,9)17(2,3)4/h14-15H,1,12H2,2-11H3/t14-,15-/m1/s1. The molecule has 2 atom stereocenters. The molecule has 6 heteroatoms. The summed E-state index contributed by atoms with van der Waals surface area (Å²) in [5, 5.41) is 0.173. The van der Waals surface area contributed by atoms with E-state index in [2.05, 4.69) is 74.3 Å². The molecule has 1 heterocycles. The minimum absolute atomic E-state index is 0.0593. The van der Waals surface area contributed by atoms with Crippen LogP contribution in [0.4, 0.5) is 0 Å². The van der Waals surface area contributed by atoms with Crippen LogP contribution in [-0.4, -0.2) is 41.4 Å². The third-order valence-corrected chi connectivity index (χ3v) is 14.8. The molecule has 0 radical (unpaired) electrons. The molecule has 0 aromatic rings. The van der Waals surface area contributed by atoms with E-state index in [-0.39, 0.29) is 16.0 Å². The molecule has 0 N–H and O–H groups in total. The molecule has 1 saturated heterocycles. The Morgan fingerprint density at radius 2 is 1.46 bits per heavy atom. The van der Waals surface area contributed by atoms with E-state index in [0.717, 1.165) is 0 Å². The third-order valence-electron chi connectivity index (χ3n) is 5.84. The Kier molecular flexibility index (Phi) is 6.03. The van der Waals surface area contributed by atoms with Crippen LogP contribution in [0, 0.1) is 0 Å². The van der Waals surface area contributed by atoms with Gasteiger partial charge in [-0.3, -0.25) is 0 Å². The highest BCUT2D eigenvalue weighted by Gasteiger charge is 2.48. The average Bonchev–Trinajstić information content (AvgIpc) is 2.61. The van der Waals surface area contributed by atoms with E-state index >= 15 is 0 Å². The van der Waals surface area contributed by atoms with Gasteiger partial charge in [0.1, 0.15) is 6.10 Å². The highest BCUT2D eigenvalue weighted by molar-refractivity contribution is 6.74. The Balaban J connectivity index is 2.90. The van der Waals surface area contributed by atoms with Crippen LogP contribution in [0.15, 0.2) is 12.2 Å². The molecule has 1 fully saturated rings. The summed E-state index contributed by atoms with van der Waals surface area (Å²) in [7, 11) is -3.94. The van der Waals surface area contributed by atoms with Crippen molar-refractivity contribution in [1.29, 1.82) is 0 Å². The van der Waals surface area contributed by atoms with Crippen LogP contribution in [0.2, 0.25) is 36.3 Å². The molecule has 1 rings (SSSR count). The number of esters is 1. The fourth-order valence-corrected chi connectivity index (χ4v) is 4.18. The Bertz CT molecular complexity index is 498. The molecule has 0 aliphatic carbocycles. The zero-order chi connectivity index (χ0) is 19.1. The molecule has 0 saturated carbocycles. The van der Waals surface area contributed by atoms with E-state index in [4.69, 9.17) is 13.6 Å². The van der Waals surface area contributed by atoms with E-state index in [1.807, 2.05) is 0 Å². The number of cyclic esters (lactones) is 1. The lowest BCUT2D eigenvalue weighted by atomic mass is 10.1. The SMILES string of the molecule is C=C1C(=O)O[C@H](CO[Si](C)(C)C(C)(C)C)[C@@H]1O[Si](C)(C)C(C)(C)C. The van der Waals surface area contributed by atoms with Gasteiger partial charge in [-0.15, -0.1) is 0 Å². The Labute approximate surface area is 150 Å². The second kappa shape index (κ2) is 6.70. The first-order valence-electron chi connectivity index (χ1n) is 8.71. The second-order valence-corrected chi connectivity index (χ2v) is 19.4. The topological polar surface area (TPSA) is 44.8 Å². The van der Waals surface area contributed by atoms with E-state index in [9.17, 15) is 4.79 Å². The van der Waals surface area contributed by atoms with Gasteiger partial charge in [0.05, 0.1) is 12.2 Å². The van der Waals surface area contributed by atoms with Crippen molar-refractivity contribution in [2.24, 2.45) is 0 Å². The van der Waals surface area contributed by atoms with Crippen molar-refractivity contribution in [2.75, 3.05) is 6.61 Å². The minimum atomic E-state index is -2.03. The van der Waals surface area contributed by atoms with Crippen molar-refractivity contribution < 1.29 is 18.4 Å². The van der Waals surface area contributed by atoms with Crippen molar-refractivity contribution in [3.05, 3.63) is 12.2 Å². The summed E-state index contributed by atoms with van der Waals surface area (Å²) in [5.74, 6) is -0.359. The summed E-state index contributed by atoms with van der Waals surface area (Å²) in [4.78, 5) is 12.0. The lowest BCUT2D eigenvalue weighted by molar-refractivity contribution is -0.141. The zero-order valence-electron chi connectivity index (χ0n) is 17.2. The molecule has 0 spiro atoms. The van der Waals surface area contributed by atoms with Gasteiger partial charge in [0.2, 0.25) is 0 Å². The molecule has 24 heavy (non-hydrogen) atoms. The first-order chi connectivity index (χ1) is 10.5. The fourth-order valence-electron chi connectivity index (χ4n) is 1.89. The molecule has 0 aromatic heterocycles. The lowest BCUT2D eigenvalue weighted by Gasteiger charge is -2.40. The summed E-state index contributed by atoms with van der Waals surface area (Å²) < 4.78 is 18.2. The number of carbonyl (C=O) groups is 1. The predicted molar refractivity (Wildman–Crippen MR) is 104 cm³/mol. The highest BCUT2D eigenvalue weighted by Crippen LogP contribution is 2.41. The molecule has 1 aliphatic rings. The molecule has 0 bridgehead atoms. The monoisotopic (exact) mass is 372 g/mol. The fraction of sp³-hybridized carbons (Fsp3) is 0.833. The summed E-state index contributed by atoms with van der Waals surface area (Å²) in [6.45, 7) is 26.2. The zero-order valence-corrected chi connectivity index (χ0v) is 19.2. The molecule has 140 valence electrons. The van der Waals surface area contributed by atoms with Crippen molar-refractivity contribution in [3.8, 4) is 0 Å². The number of carbonyl (C=O) groups excluding carboxylic acids is 1. The van der Waals surface area contributed by atoms with Gasteiger partial charge in [0.25, 0.3) is 0 Å². The maximum Gasteiger partial charge on any atom is 0.336 e. The van der Waals surface area contributed by atoms with Gasteiger partial charge in [0, 0.05) is 0 Å². The van der Waals surface area contributed by atoms with Gasteiger partial charge in [0.15, 0.2) is 22.7 Å². The Hall–Kier alpha value is -0.436. The second-order valence-electron chi connectivity index (χ2n) is 9.84. The summed E-state index contributed by atoms with van der Waals surface area (Å²) >= 11 is 0. The largest absolute Gasteiger partial charge is 0.453 e. The first kappa shape index (κ1) is 21.6. The molecule has 0 unspecified atom stereocenters. The van der Waals surface area contributed by atoms with Gasteiger partial charge in [-0.2, -0.15) is 0 Å². The highest BCUT2D eigenvalue weighted by atomic mass is 28.4. The molecule has 1 aliphatic heterocycles. The summed E-state index contributed by atoms with van der Waals surface area (Å²) in [6.07, 6.45) is -0.795. The van der Waals surface area contributed by atoms with Crippen LogP contribution < -0.4 is 0 Å². The van der Waals surface area contributed by atoms with Gasteiger partial charge in [-0.05, 0) is 36.3 Å². The van der Waals surface area contributed by atoms with Crippen LogP contribution in [0.1, 0.15) is 41.5 Å². The predicted octanol–water partition coefficient (Wildman–Crippen LogP) is 4.88. The van der Waals surface area contributed by atoms with E-state index in [0.29, 0.717) is 12.2 Å². The molecule has 0 aromatic carbocycles. The van der Waals surface area contributed by atoms with Crippen LogP contribution in [0.25, 0.3) is 0 Å². The number of hydrogen-bond donors (Lipinski definition) is 0. The van der Waals surface area contributed by atoms with Gasteiger partial charge in [-0.1, -0.05) is 48.1 Å². The van der Waals surface area contributed by atoms with Crippen molar-refractivity contribution >= 4 is 22.6 Å². The van der Waals surface area contributed by atoms with Gasteiger partial charge in [-0.25, -0.2) is 4.79 Å². The van der Waals surface area contributed by atoms with Crippen LogP contribution in [-0.2, 0) is 18.4 Å². The maximum atomic E-state index is 12.0. The lowest BCUT2D eigenvalue weighted by Crippen LogP contribution is -2.48. The first-order valence-corrected chi connectivity index (χ1v) is 14.5. The molecular formula is C18H36O4Si2. The van der Waals surface area contributed by atoms with Crippen molar-refractivity contribution in [1.82, 2.24) is 0 Å². The summed E-state index contributed by atoms with van der Waals surface area (Å²) in [5.41, 5.74) is 0.420. The maximum absolute atomic E-state index is 12.0. The molecular weight excluding hydrogens is 336 g/mol. The van der Waals surface area contributed by atoms with E-state index in [1.165, 1.54) is 0 Å². The van der Waals surface area contributed by atoms with Gasteiger partial charge >= 0.3 is 5.97 Å². The van der Waals surface area contributed by atoms with Crippen LogP contribution in [0.3, 0.4) is 0 Å². The average molecular weight is 373 g/mol. The number of hydrogen-bond acceptors (Lipinski definition) is 4. The normalized spacial score (nSPS) is 23.6. The minimum Gasteiger partial charge on any atom is -0.453 e. The number of ether oxygens (including phenoxy) is 1. The van der Waals surface area contributed by atoms with Crippen LogP contribution >= 0.6 is 0 Å². The Morgan fingerprint density at radius 1 is 1.00 bits per heavy atom. The van der Waals surface area contributed by atoms with Crippen molar-refractivity contribution in [3.63, 3.8) is 0 Å². The van der Waals surface area contributed by atoms with E-state index < -0.39 is 28.8 Å². The molecule has 0 amide bonds. The smallest absolute Gasteiger partial charge is 0.336 e. The number of rotatable bonds is 5. The van der Waals surface area contributed by atoms with Crippen molar-refractivity contribution in [2.45, 2.75) is 90.0 Å². The van der Waals surface area contributed by atoms with Gasteiger partial charge < -0.3 is 13.6 Å².